The maximum absolute atomic E-state index is 6.96. The Morgan fingerprint density at radius 1 is 0.464 bits per heavy atom. The molecule has 9 nitrogen and oxygen atoms in total. The SMILES string of the molecule is CC(C)(C)c1c(Oc2ccc3c4ccccc4n(-c4ccccn4)c3c2)cc(-c2ncncn2)cc1Oc1ccc2c3ccccc3n(-c3ccccn3)c2c1. The predicted octanol–water partition coefficient (Wildman–Crippen LogP) is 11.4. The number of aromatic nitrogens is 7. The molecule has 9 heteroatoms. The van der Waals surface area contributed by atoms with Gasteiger partial charge in [-0.2, -0.15) is 0 Å². The fourth-order valence-corrected chi connectivity index (χ4v) is 7.75. The largest absolute Gasteiger partial charge is 0.457 e. The van der Waals surface area contributed by atoms with Crippen LogP contribution in [0.5, 0.6) is 23.0 Å². The third kappa shape index (κ3) is 5.68. The first-order chi connectivity index (χ1) is 27.4. The van der Waals surface area contributed by atoms with Gasteiger partial charge in [0.05, 0.1) is 22.1 Å². The molecule has 10 rings (SSSR count). The molecule has 5 aromatic heterocycles. The number of hydrogen-bond donors (Lipinski definition) is 0. The van der Waals surface area contributed by atoms with E-state index >= 15 is 0 Å². The first kappa shape index (κ1) is 33.2. The van der Waals surface area contributed by atoms with Gasteiger partial charge in [-0.25, -0.2) is 24.9 Å². The molecule has 0 saturated heterocycles. The van der Waals surface area contributed by atoms with E-state index in [9.17, 15) is 0 Å². The second-order valence-corrected chi connectivity index (χ2v) is 14.7. The smallest absolute Gasteiger partial charge is 0.162 e. The van der Waals surface area contributed by atoms with Crippen LogP contribution in [-0.2, 0) is 5.41 Å². The van der Waals surface area contributed by atoms with E-state index in [0.717, 1.165) is 66.4 Å². The van der Waals surface area contributed by atoms with Crippen molar-refractivity contribution in [3.8, 4) is 46.0 Å². The van der Waals surface area contributed by atoms with Crippen LogP contribution in [0.1, 0.15) is 26.3 Å². The molecule has 5 aromatic carbocycles. The quantitative estimate of drug-likeness (QED) is 0.161. The van der Waals surface area contributed by atoms with Crippen molar-refractivity contribution in [3.05, 3.63) is 164 Å². The Balaban J connectivity index is 1.14. The lowest BCUT2D eigenvalue weighted by molar-refractivity contribution is 0.422. The number of para-hydroxylation sites is 2. The van der Waals surface area contributed by atoms with Gasteiger partial charge in [-0.3, -0.25) is 9.13 Å². The second kappa shape index (κ2) is 13.2. The van der Waals surface area contributed by atoms with E-state index < -0.39 is 5.41 Å². The van der Waals surface area contributed by atoms with Crippen molar-refractivity contribution < 1.29 is 9.47 Å². The zero-order valence-corrected chi connectivity index (χ0v) is 31.0. The van der Waals surface area contributed by atoms with Crippen molar-refractivity contribution in [1.29, 1.82) is 0 Å². The Bertz CT molecular complexity index is 2880. The maximum atomic E-state index is 6.96. The summed E-state index contributed by atoms with van der Waals surface area (Å²) in [7, 11) is 0. The Morgan fingerprint density at radius 2 is 0.929 bits per heavy atom. The summed E-state index contributed by atoms with van der Waals surface area (Å²) < 4.78 is 18.3. The normalized spacial score (nSPS) is 11.8. The summed E-state index contributed by atoms with van der Waals surface area (Å²) in [5.74, 6) is 4.77. The van der Waals surface area contributed by atoms with Crippen LogP contribution in [0.25, 0.3) is 66.6 Å². The van der Waals surface area contributed by atoms with Crippen molar-refractivity contribution >= 4 is 43.6 Å². The summed E-state index contributed by atoms with van der Waals surface area (Å²) in [6, 6.07) is 45.1. The van der Waals surface area contributed by atoms with Gasteiger partial charge in [-0.15, -0.1) is 0 Å². The molecule has 0 N–H and O–H groups in total. The molecule has 0 unspecified atom stereocenters. The molecule has 0 atom stereocenters. The van der Waals surface area contributed by atoms with Crippen molar-refractivity contribution in [1.82, 2.24) is 34.1 Å². The number of fused-ring (bicyclic) bond motifs is 6. The van der Waals surface area contributed by atoms with E-state index in [4.69, 9.17) is 19.4 Å². The van der Waals surface area contributed by atoms with E-state index in [2.05, 4.69) is 118 Å². The third-order valence-corrected chi connectivity index (χ3v) is 10.1. The molecule has 5 heterocycles. The Hall–Kier alpha value is -7.39. The highest BCUT2D eigenvalue weighted by Gasteiger charge is 2.28. The fraction of sp³-hybridized carbons (Fsp3) is 0.0851. The van der Waals surface area contributed by atoms with Crippen molar-refractivity contribution in [2.45, 2.75) is 26.2 Å². The summed E-state index contributed by atoms with van der Waals surface area (Å²) in [5, 5.41) is 4.50. The first-order valence-corrected chi connectivity index (χ1v) is 18.5. The van der Waals surface area contributed by atoms with Gasteiger partial charge in [0.15, 0.2) is 5.82 Å². The average Bonchev–Trinajstić information content (AvgIpc) is 3.73. The topological polar surface area (TPSA) is 92.8 Å². The molecule has 0 aliphatic carbocycles. The molecule has 0 radical (unpaired) electrons. The van der Waals surface area contributed by atoms with Crippen LogP contribution < -0.4 is 9.47 Å². The van der Waals surface area contributed by atoms with Gasteiger partial charge in [0, 0.05) is 57.2 Å². The minimum atomic E-state index is -0.401. The summed E-state index contributed by atoms with van der Waals surface area (Å²) >= 11 is 0. The van der Waals surface area contributed by atoms with Crippen LogP contribution in [0.4, 0.5) is 0 Å². The van der Waals surface area contributed by atoms with Crippen molar-refractivity contribution in [3.63, 3.8) is 0 Å². The van der Waals surface area contributed by atoms with Crippen molar-refractivity contribution in [2.75, 3.05) is 0 Å². The van der Waals surface area contributed by atoms with Crippen LogP contribution in [0.3, 0.4) is 0 Å². The number of ether oxygens (including phenoxy) is 2. The zero-order chi connectivity index (χ0) is 37.8. The van der Waals surface area contributed by atoms with Crippen LogP contribution in [0.15, 0.2) is 159 Å². The lowest BCUT2D eigenvalue weighted by Gasteiger charge is -2.26. The third-order valence-electron chi connectivity index (χ3n) is 10.1. The van der Waals surface area contributed by atoms with Crippen LogP contribution in [0.2, 0.25) is 0 Å². The van der Waals surface area contributed by atoms with Gasteiger partial charge < -0.3 is 9.47 Å². The van der Waals surface area contributed by atoms with E-state index in [1.165, 1.54) is 12.7 Å². The number of nitrogens with zero attached hydrogens (tertiary/aromatic N) is 7. The van der Waals surface area contributed by atoms with E-state index in [-0.39, 0.29) is 0 Å². The molecule has 56 heavy (non-hydrogen) atoms. The highest BCUT2D eigenvalue weighted by Crippen LogP contribution is 2.46. The number of pyridine rings is 2. The maximum Gasteiger partial charge on any atom is 0.162 e. The lowest BCUT2D eigenvalue weighted by atomic mass is 9.84. The summed E-state index contributed by atoms with van der Waals surface area (Å²) in [6.45, 7) is 6.48. The standard InChI is InChI=1S/C47H35N7O2/c1-47(2,3)45-41(55-31-18-20-35-33-12-4-6-14-37(33)53(39(35)26-31)43-16-8-10-22-49-43)24-30(46-51-28-48-29-52-46)25-42(45)56-32-19-21-36-34-13-5-7-15-38(34)54(40(36)27-32)44-17-9-11-23-50-44/h4-29H,1-3H3. The summed E-state index contributed by atoms with van der Waals surface area (Å²) in [5.41, 5.74) is 5.34. The van der Waals surface area contributed by atoms with Gasteiger partial charge in [0.25, 0.3) is 0 Å². The van der Waals surface area contributed by atoms with Gasteiger partial charge in [0.1, 0.15) is 47.3 Å². The molecule has 0 saturated carbocycles. The molecular weight excluding hydrogens is 695 g/mol. The predicted molar refractivity (Wildman–Crippen MR) is 221 cm³/mol. The Morgan fingerprint density at radius 3 is 1.39 bits per heavy atom. The van der Waals surface area contributed by atoms with Gasteiger partial charge in [0.2, 0.25) is 0 Å². The molecule has 0 aliphatic heterocycles. The van der Waals surface area contributed by atoms with Crippen molar-refractivity contribution in [2.24, 2.45) is 0 Å². The summed E-state index contributed by atoms with van der Waals surface area (Å²) in [6.07, 6.45) is 6.62. The molecular formula is C47H35N7O2. The monoisotopic (exact) mass is 729 g/mol. The summed E-state index contributed by atoms with van der Waals surface area (Å²) in [4.78, 5) is 22.5. The van der Waals surface area contributed by atoms with Gasteiger partial charge >= 0.3 is 0 Å². The molecule has 10 aromatic rings. The lowest BCUT2D eigenvalue weighted by Crippen LogP contribution is -2.14. The van der Waals surface area contributed by atoms with Crippen LogP contribution >= 0.6 is 0 Å². The zero-order valence-electron chi connectivity index (χ0n) is 31.0. The van der Waals surface area contributed by atoms with E-state index in [0.29, 0.717) is 28.8 Å². The molecule has 0 bridgehead atoms. The van der Waals surface area contributed by atoms with Gasteiger partial charge in [-0.05, 0) is 78.2 Å². The molecule has 0 spiro atoms. The van der Waals surface area contributed by atoms with E-state index in [1.807, 2.05) is 73.1 Å². The molecule has 0 amide bonds. The van der Waals surface area contributed by atoms with Gasteiger partial charge in [-0.1, -0.05) is 69.3 Å². The van der Waals surface area contributed by atoms with Crippen LogP contribution in [-0.4, -0.2) is 34.1 Å². The highest BCUT2D eigenvalue weighted by atomic mass is 16.5. The number of hydrogen-bond acceptors (Lipinski definition) is 7. The average molecular weight is 730 g/mol. The Labute approximate surface area is 322 Å². The second-order valence-electron chi connectivity index (χ2n) is 14.7. The fourth-order valence-electron chi connectivity index (χ4n) is 7.75. The minimum Gasteiger partial charge on any atom is -0.457 e. The molecule has 270 valence electrons. The Kier molecular flexibility index (Phi) is 7.81. The molecule has 0 fully saturated rings. The number of rotatable bonds is 7. The minimum absolute atomic E-state index is 0.401. The number of benzene rings is 5. The van der Waals surface area contributed by atoms with E-state index in [1.54, 1.807) is 0 Å². The first-order valence-electron chi connectivity index (χ1n) is 18.5. The molecule has 0 aliphatic rings. The van der Waals surface area contributed by atoms with Crippen LogP contribution in [0, 0.1) is 0 Å². The highest BCUT2D eigenvalue weighted by molar-refractivity contribution is 6.10.